The molecule has 1 unspecified atom stereocenters. The third kappa shape index (κ3) is 7.79. The normalized spacial score (nSPS) is 12.0. The molecule has 1 rings (SSSR count). The fraction of sp³-hybridized carbons (Fsp3) is 0.556. The van der Waals surface area contributed by atoms with Crippen molar-refractivity contribution < 1.29 is 9.59 Å². The molecule has 0 fully saturated rings. The minimum absolute atomic E-state index is 0.00222. The Morgan fingerprint density at radius 3 is 2.39 bits per heavy atom. The first-order valence-corrected chi connectivity index (χ1v) is 8.21. The highest BCUT2D eigenvalue weighted by Crippen LogP contribution is 2.07. The molecule has 128 valence electrons. The van der Waals surface area contributed by atoms with Crippen LogP contribution in [0.5, 0.6) is 0 Å². The van der Waals surface area contributed by atoms with Crippen LogP contribution in [0.3, 0.4) is 0 Å². The Hall–Kier alpha value is -1.88. The van der Waals surface area contributed by atoms with Gasteiger partial charge in [0.05, 0.1) is 0 Å². The van der Waals surface area contributed by atoms with Gasteiger partial charge in [0, 0.05) is 39.0 Å². The number of benzene rings is 1. The molecule has 23 heavy (non-hydrogen) atoms. The second kappa shape index (κ2) is 10.0. The molecule has 5 nitrogen and oxygen atoms in total. The number of carbonyl (C=O) groups is 2. The molecule has 0 aliphatic carbocycles. The first-order chi connectivity index (χ1) is 10.9. The van der Waals surface area contributed by atoms with Gasteiger partial charge in [0.2, 0.25) is 11.8 Å². The van der Waals surface area contributed by atoms with Crippen molar-refractivity contribution in [1.29, 1.82) is 0 Å². The van der Waals surface area contributed by atoms with Gasteiger partial charge >= 0.3 is 0 Å². The summed E-state index contributed by atoms with van der Waals surface area (Å²) in [7, 11) is 0. The van der Waals surface area contributed by atoms with E-state index in [9.17, 15) is 9.59 Å². The van der Waals surface area contributed by atoms with Gasteiger partial charge in [-0.15, -0.1) is 0 Å². The molecule has 2 amide bonds. The zero-order valence-electron chi connectivity index (χ0n) is 14.4. The van der Waals surface area contributed by atoms with Crippen LogP contribution < -0.4 is 11.1 Å². The van der Waals surface area contributed by atoms with Crippen molar-refractivity contribution in [1.82, 2.24) is 10.2 Å². The number of nitrogens with zero attached hydrogens (tertiary/aromatic N) is 1. The Labute approximate surface area is 139 Å². The van der Waals surface area contributed by atoms with Crippen LogP contribution in [0.25, 0.3) is 0 Å². The summed E-state index contributed by atoms with van der Waals surface area (Å²) in [4.78, 5) is 25.5. The Balaban J connectivity index is 2.48. The third-order valence-electron chi connectivity index (χ3n) is 3.68. The van der Waals surface area contributed by atoms with E-state index in [4.69, 9.17) is 5.73 Å². The molecule has 1 atom stereocenters. The summed E-state index contributed by atoms with van der Waals surface area (Å²) in [6.07, 6.45) is 1.16. The highest BCUT2D eigenvalue weighted by atomic mass is 16.2. The highest BCUT2D eigenvalue weighted by molar-refractivity contribution is 5.78. The number of nitrogens with two attached hydrogens (primary N) is 1. The van der Waals surface area contributed by atoms with E-state index in [2.05, 4.69) is 19.2 Å². The summed E-state index contributed by atoms with van der Waals surface area (Å²) in [6.45, 7) is 7.11. The Morgan fingerprint density at radius 1 is 1.22 bits per heavy atom. The molecular formula is C18H29N3O2. The average molecular weight is 319 g/mol. The van der Waals surface area contributed by atoms with Gasteiger partial charge in [0.15, 0.2) is 0 Å². The Morgan fingerprint density at radius 2 is 1.87 bits per heavy atom. The van der Waals surface area contributed by atoms with Crippen molar-refractivity contribution >= 4 is 11.8 Å². The Bertz CT molecular complexity index is 488. The molecule has 0 aliphatic rings. The van der Waals surface area contributed by atoms with E-state index in [-0.39, 0.29) is 17.9 Å². The van der Waals surface area contributed by atoms with E-state index in [1.807, 2.05) is 30.3 Å². The lowest BCUT2D eigenvalue weighted by atomic mass is 10.0. The van der Waals surface area contributed by atoms with Crippen molar-refractivity contribution in [2.75, 3.05) is 13.1 Å². The molecule has 1 aromatic carbocycles. The van der Waals surface area contributed by atoms with Crippen molar-refractivity contribution in [2.45, 2.75) is 46.2 Å². The van der Waals surface area contributed by atoms with Gasteiger partial charge in [0.25, 0.3) is 0 Å². The summed E-state index contributed by atoms with van der Waals surface area (Å²) < 4.78 is 0. The fourth-order valence-corrected chi connectivity index (χ4v) is 2.47. The minimum atomic E-state index is -0.0552. The maximum atomic E-state index is 12.1. The number of amides is 2. The first-order valence-electron chi connectivity index (χ1n) is 8.21. The van der Waals surface area contributed by atoms with Crippen LogP contribution in [-0.2, 0) is 16.1 Å². The summed E-state index contributed by atoms with van der Waals surface area (Å²) in [5.41, 5.74) is 6.75. The standard InChI is InChI=1S/C18H29N3O2/c1-14(2)11-17(12-19)20-18(23)9-10-21(15(3)22)13-16-7-5-4-6-8-16/h4-8,14,17H,9-13,19H2,1-3H3,(H,20,23). The second-order valence-electron chi connectivity index (χ2n) is 6.31. The predicted molar refractivity (Wildman–Crippen MR) is 92.6 cm³/mol. The van der Waals surface area contributed by atoms with Gasteiger partial charge in [-0.05, 0) is 17.9 Å². The van der Waals surface area contributed by atoms with Crippen LogP contribution in [0, 0.1) is 5.92 Å². The monoisotopic (exact) mass is 319 g/mol. The molecule has 1 aromatic rings. The van der Waals surface area contributed by atoms with Gasteiger partial charge in [-0.3, -0.25) is 9.59 Å². The molecule has 0 radical (unpaired) electrons. The lowest BCUT2D eigenvalue weighted by Gasteiger charge is -2.23. The molecule has 0 spiro atoms. The average Bonchev–Trinajstić information content (AvgIpc) is 2.51. The van der Waals surface area contributed by atoms with Gasteiger partial charge in [-0.1, -0.05) is 44.2 Å². The van der Waals surface area contributed by atoms with E-state index in [1.165, 1.54) is 6.92 Å². The van der Waals surface area contributed by atoms with E-state index < -0.39 is 0 Å². The SMILES string of the molecule is CC(=O)N(CCC(=O)NC(CN)CC(C)C)Cc1ccccc1. The summed E-state index contributed by atoms with van der Waals surface area (Å²) in [6, 6.07) is 9.78. The van der Waals surface area contributed by atoms with Crippen LogP contribution in [-0.4, -0.2) is 35.8 Å². The predicted octanol–water partition coefficient (Wildman–Crippen LogP) is 1.91. The van der Waals surface area contributed by atoms with Crippen LogP contribution in [0.15, 0.2) is 30.3 Å². The maximum Gasteiger partial charge on any atom is 0.222 e. The van der Waals surface area contributed by atoms with Gasteiger partial charge in [-0.2, -0.15) is 0 Å². The number of carbonyl (C=O) groups excluding carboxylic acids is 2. The highest BCUT2D eigenvalue weighted by Gasteiger charge is 2.15. The molecule has 5 heteroatoms. The number of hydrogen-bond acceptors (Lipinski definition) is 3. The lowest BCUT2D eigenvalue weighted by molar-refractivity contribution is -0.130. The van der Waals surface area contributed by atoms with Gasteiger partial charge in [-0.25, -0.2) is 0 Å². The second-order valence-corrected chi connectivity index (χ2v) is 6.31. The Kier molecular flexibility index (Phi) is 8.33. The van der Waals surface area contributed by atoms with E-state index in [1.54, 1.807) is 4.90 Å². The summed E-state index contributed by atoms with van der Waals surface area (Å²) in [5, 5.41) is 2.95. The number of hydrogen-bond donors (Lipinski definition) is 2. The van der Waals surface area contributed by atoms with Crippen molar-refractivity contribution in [3.8, 4) is 0 Å². The molecule has 0 saturated carbocycles. The van der Waals surface area contributed by atoms with Crippen LogP contribution in [0.2, 0.25) is 0 Å². The fourth-order valence-electron chi connectivity index (χ4n) is 2.47. The zero-order chi connectivity index (χ0) is 17.2. The molecule has 0 saturated heterocycles. The maximum absolute atomic E-state index is 12.1. The van der Waals surface area contributed by atoms with Gasteiger partial charge < -0.3 is 16.0 Å². The minimum Gasteiger partial charge on any atom is -0.352 e. The van der Waals surface area contributed by atoms with Crippen LogP contribution in [0.1, 0.15) is 39.2 Å². The van der Waals surface area contributed by atoms with Gasteiger partial charge in [0.1, 0.15) is 0 Å². The third-order valence-corrected chi connectivity index (χ3v) is 3.68. The lowest BCUT2D eigenvalue weighted by Crippen LogP contribution is -2.42. The molecular weight excluding hydrogens is 290 g/mol. The van der Waals surface area contributed by atoms with E-state index in [0.717, 1.165) is 12.0 Å². The largest absolute Gasteiger partial charge is 0.352 e. The zero-order valence-corrected chi connectivity index (χ0v) is 14.4. The van der Waals surface area contributed by atoms with E-state index in [0.29, 0.717) is 32.0 Å². The molecule has 0 aromatic heterocycles. The summed E-state index contributed by atoms with van der Waals surface area (Å²) in [5.74, 6) is 0.398. The van der Waals surface area contributed by atoms with Crippen molar-refractivity contribution in [2.24, 2.45) is 11.7 Å². The van der Waals surface area contributed by atoms with Crippen LogP contribution >= 0.6 is 0 Å². The molecule has 0 aliphatic heterocycles. The summed E-state index contributed by atoms with van der Waals surface area (Å²) >= 11 is 0. The van der Waals surface area contributed by atoms with Crippen molar-refractivity contribution in [3.05, 3.63) is 35.9 Å². The molecule has 3 N–H and O–H groups in total. The first kappa shape index (κ1) is 19.2. The van der Waals surface area contributed by atoms with Crippen LogP contribution in [0.4, 0.5) is 0 Å². The van der Waals surface area contributed by atoms with E-state index >= 15 is 0 Å². The quantitative estimate of drug-likeness (QED) is 0.730. The van der Waals surface area contributed by atoms with Crippen molar-refractivity contribution in [3.63, 3.8) is 0 Å². The number of nitrogens with one attached hydrogen (secondary N) is 1. The topological polar surface area (TPSA) is 75.4 Å². The number of rotatable bonds is 9. The molecule has 0 heterocycles. The smallest absolute Gasteiger partial charge is 0.222 e. The molecule has 0 bridgehead atoms.